The molecule has 0 aromatic carbocycles. The number of carboxylic acid groups (broad SMARTS) is 1. The fourth-order valence-corrected chi connectivity index (χ4v) is 4.07. The van der Waals surface area contributed by atoms with Gasteiger partial charge in [0.2, 0.25) is 0 Å². The zero-order chi connectivity index (χ0) is 25.0. The fraction of sp³-hybridized carbons (Fsp3) is 0.857. The van der Waals surface area contributed by atoms with Crippen molar-refractivity contribution in [2.45, 2.75) is 136 Å². The molecular formula is C28H56N2O3. The van der Waals surface area contributed by atoms with Gasteiger partial charge in [0.25, 0.3) is 5.91 Å². The van der Waals surface area contributed by atoms with Crippen LogP contribution in [0.2, 0.25) is 0 Å². The standard InChI is InChI=1S/C27H54N2O.CH2O2/c1-5-7-8-9-10-11-12-13-14-15-16-17-18-19-20-21-22-23-24-25-27(30)28-29(3,4)26-6-2;2-1-3/h13-14H,5-12,15-26H2,1-4H3;1H,(H,2,3)/b14-13-;. The molecule has 0 radical (unpaired) electrons. The maximum Gasteiger partial charge on any atom is 0.264 e. The highest BCUT2D eigenvalue weighted by Gasteiger charge is 2.16. The number of quaternary nitrogens is 1. The van der Waals surface area contributed by atoms with Crippen molar-refractivity contribution in [2.24, 2.45) is 0 Å². The number of carbonyl (C=O) groups excluding carboxylic acids is 2. The van der Waals surface area contributed by atoms with Crippen molar-refractivity contribution in [3.05, 3.63) is 12.2 Å². The van der Waals surface area contributed by atoms with Gasteiger partial charge in [-0.25, -0.2) is 10.0 Å². The van der Waals surface area contributed by atoms with Crippen LogP contribution in [0, 0.1) is 0 Å². The quantitative estimate of drug-likeness (QED) is 0.0651. The van der Waals surface area contributed by atoms with Gasteiger partial charge in [0.1, 0.15) is 6.54 Å². The Hall–Kier alpha value is -1.36. The number of amides is 1. The molecule has 0 aliphatic rings. The van der Waals surface area contributed by atoms with Gasteiger partial charge < -0.3 is 9.90 Å². The number of carbonyl (C=O) groups is 2. The highest BCUT2D eigenvalue weighted by Crippen LogP contribution is 2.12. The second-order valence-corrected chi connectivity index (χ2v) is 9.79. The Labute approximate surface area is 206 Å². The first-order valence-corrected chi connectivity index (χ1v) is 13.8. The monoisotopic (exact) mass is 468 g/mol. The van der Waals surface area contributed by atoms with Crippen molar-refractivity contribution >= 4 is 12.4 Å². The fourth-order valence-electron chi connectivity index (χ4n) is 4.07. The highest BCUT2D eigenvalue weighted by atomic mass is 16.3. The predicted molar refractivity (Wildman–Crippen MR) is 139 cm³/mol. The normalized spacial score (nSPS) is 11.3. The molecule has 0 saturated carbocycles. The summed E-state index contributed by atoms with van der Waals surface area (Å²) in [6.45, 7) is 4.92. The Morgan fingerprint density at radius 3 is 1.52 bits per heavy atom. The van der Waals surface area contributed by atoms with E-state index in [1.165, 1.54) is 103 Å². The zero-order valence-corrected chi connectivity index (χ0v) is 22.5. The Bertz CT molecular complexity index is 450. The molecule has 196 valence electrons. The summed E-state index contributed by atoms with van der Waals surface area (Å²) in [6, 6.07) is 0. The van der Waals surface area contributed by atoms with Crippen molar-refractivity contribution in [2.75, 3.05) is 20.6 Å². The van der Waals surface area contributed by atoms with Gasteiger partial charge in [0, 0.05) is 12.9 Å². The summed E-state index contributed by atoms with van der Waals surface area (Å²) in [5.74, 6) is 0.203. The summed E-state index contributed by atoms with van der Waals surface area (Å²) in [7, 11) is 4.13. The molecule has 0 bridgehead atoms. The lowest BCUT2D eigenvalue weighted by molar-refractivity contribution is -0.925. The molecule has 0 saturated heterocycles. The third-order valence-electron chi connectivity index (χ3n) is 5.88. The lowest BCUT2D eigenvalue weighted by atomic mass is 10.1. The summed E-state index contributed by atoms with van der Waals surface area (Å²) in [6.07, 6.45) is 29.2. The van der Waals surface area contributed by atoms with Gasteiger partial charge in [-0.1, -0.05) is 103 Å². The van der Waals surface area contributed by atoms with Gasteiger partial charge in [-0.05, 0) is 38.5 Å². The molecule has 0 unspecified atom stereocenters. The van der Waals surface area contributed by atoms with E-state index in [4.69, 9.17) is 9.90 Å². The van der Waals surface area contributed by atoms with Crippen LogP contribution >= 0.6 is 0 Å². The van der Waals surface area contributed by atoms with E-state index in [1.54, 1.807) is 0 Å². The van der Waals surface area contributed by atoms with Crippen molar-refractivity contribution in [3.8, 4) is 0 Å². The van der Waals surface area contributed by atoms with E-state index in [1.807, 2.05) is 0 Å². The van der Waals surface area contributed by atoms with Crippen LogP contribution in [0.25, 0.3) is 0 Å². The lowest BCUT2D eigenvalue weighted by Gasteiger charge is -2.28. The minimum absolute atomic E-state index is 0.203. The van der Waals surface area contributed by atoms with Crippen LogP contribution < -0.4 is 10.5 Å². The summed E-state index contributed by atoms with van der Waals surface area (Å²) in [5, 5.41) is 8.25. The average Bonchev–Trinajstić information content (AvgIpc) is 2.75. The van der Waals surface area contributed by atoms with Gasteiger partial charge in [0.05, 0.1) is 14.1 Å². The molecular weight excluding hydrogens is 412 g/mol. The summed E-state index contributed by atoms with van der Waals surface area (Å²) in [5.41, 5.74) is 3.11. The number of hydrogen-bond donors (Lipinski definition) is 1. The Balaban J connectivity index is 0. The highest BCUT2D eigenvalue weighted by molar-refractivity contribution is 5.74. The smallest absolute Gasteiger partial charge is 0.264 e. The van der Waals surface area contributed by atoms with Crippen molar-refractivity contribution in [1.29, 1.82) is 0 Å². The molecule has 1 amide bonds. The van der Waals surface area contributed by atoms with Crippen molar-refractivity contribution in [3.63, 3.8) is 0 Å². The maximum absolute atomic E-state index is 12.0. The molecule has 0 spiro atoms. The second-order valence-electron chi connectivity index (χ2n) is 9.79. The van der Waals surface area contributed by atoms with E-state index in [9.17, 15) is 4.79 Å². The maximum atomic E-state index is 12.0. The molecule has 5 nitrogen and oxygen atoms in total. The van der Waals surface area contributed by atoms with Crippen LogP contribution in [-0.4, -0.2) is 37.6 Å². The Morgan fingerprint density at radius 2 is 1.09 bits per heavy atom. The molecule has 1 N–H and O–H groups in total. The van der Waals surface area contributed by atoms with Gasteiger partial charge in [0.15, 0.2) is 0 Å². The third kappa shape index (κ3) is 30.6. The van der Waals surface area contributed by atoms with Crippen LogP contribution in [-0.2, 0) is 9.59 Å². The minimum atomic E-state index is -0.500. The first kappa shape index (κ1) is 33.8. The average molecular weight is 469 g/mol. The Kier molecular flexibility index (Phi) is 27.5. The van der Waals surface area contributed by atoms with Crippen molar-refractivity contribution in [1.82, 2.24) is 5.43 Å². The molecule has 33 heavy (non-hydrogen) atoms. The van der Waals surface area contributed by atoms with Crippen LogP contribution in [0.15, 0.2) is 12.2 Å². The van der Waals surface area contributed by atoms with E-state index in [2.05, 4.69) is 45.5 Å². The van der Waals surface area contributed by atoms with Crippen molar-refractivity contribution < 1.29 is 19.3 Å². The number of nitrogens with one attached hydrogen (secondary N) is 1. The van der Waals surface area contributed by atoms with E-state index < -0.39 is 6.47 Å². The first-order valence-electron chi connectivity index (χ1n) is 13.8. The first-order chi connectivity index (χ1) is 15.9. The molecule has 0 aliphatic heterocycles. The van der Waals surface area contributed by atoms with Crippen LogP contribution in [0.4, 0.5) is 0 Å². The molecule has 0 aliphatic carbocycles. The topological polar surface area (TPSA) is 69.2 Å². The lowest BCUT2D eigenvalue weighted by Crippen LogP contribution is -2.54. The van der Waals surface area contributed by atoms with Crippen LogP contribution in [0.5, 0.6) is 0 Å². The van der Waals surface area contributed by atoms with Crippen LogP contribution in [0.1, 0.15) is 136 Å². The Morgan fingerprint density at radius 1 is 0.697 bits per heavy atom. The number of hydrogen-bond acceptors (Lipinski definition) is 3. The van der Waals surface area contributed by atoms with Gasteiger partial charge in [-0.2, -0.15) is 0 Å². The van der Waals surface area contributed by atoms with E-state index in [-0.39, 0.29) is 5.91 Å². The number of unbranched alkanes of at least 4 members (excludes halogenated alkanes) is 15. The van der Waals surface area contributed by atoms with Crippen LogP contribution in [0.3, 0.4) is 0 Å². The van der Waals surface area contributed by atoms with Gasteiger partial charge in [-0.3, -0.25) is 4.79 Å². The summed E-state index contributed by atoms with van der Waals surface area (Å²) < 4.78 is 0.601. The van der Waals surface area contributed by atoms with E-state index >= 15 is 0 Å². The SMILES string of the molecule is CCCCCCCC/C=C\CCCCCCCCCCCC(=O)N[N+](C)(C)CCC.O=C[O-]. The molecule has 0 aromatic rings. The molecule has 0 atom stereocenters. The summed E-state index contributed by atoms with van der Waals surface area (Å²) >= 11 is 0. The molecule has 0 heterocycles. The molecule has 0 fully saturated rings. The number of rotatable bonds is 22. The molecule has 0 aromatic heterocycles. The second kappa shape index (κ2) is 26.9. The molecule has 5 heteroatoms. The third-order valence-corrected chi connectivity index (χ3v) is 5.88. The largest absolute Gasteiger partial charge is 0.554 e. The molecule has 0 rings (SSSR count). The number of allylic oxidation sites excluding steroid dienone is 2. The van der Waals surface area contributed by atoms with Gasteiger partial charge >= 0.3 is 0 Å². The van der Waals surface area contributed by atoms with E-state index in [0.717, 1.165) is 19.4 Å². The minimum Gasteiger partial charge on any atom is -0.554 e. The summed E-state index contributed by atoms with van der Waals surface area (Å²) in [4.78, 5) is 20.2. The predicted octanol–water partition coefficient (Wildman–Crippen LogP) is 6.47. The van der Waals surface area contributed by atoms with E-state index in [0.29, 0.717) is 11.0 Å². The zero-order valence-electron chi connectivity index (χ0n) is 22.5. The number of nitrogens with zero attached hydrogens (tertiary/aromatic N) is 1. The van der Waals surface area contributed by atoms with Gasteiger partial charge in [-0.15, -0.1) is 0 Å².